The molecule has 0 saturated heterocycles. The number of hydrogen-bond donors (Lipinski definition) is 1. The first-order valence-electron chi connectivity index (χ1n) is 8.23. The van der Waals surface area contributed by atoms with Gasteiger partial charge in [-0.1, -0.05) is 25.0 Å². The molecule has 1 saturated carbocycles. The number of nitriles is 2. The summed E-state index contributed by atoms with van der Waals surface area (Å²) in [5, 5.41) is 21.3. The number of carbonyl (C=O) groups excluding carboxylic acids is 1. The molecule has 0 aliphatic heterocycles. The van der Waals surface area contributed by atoms with E-state index in [1.54, 1.807) is 30.3 Å². The fourth-order valence-electron chi connectivity index (χ4n) is 2.99. The molecule has 1 heterocycles. The lowest BCUT2D eigenvalue weighted by Gasteiger charge is -2.10. The molecule has 1 fully saturated rings. The summed E-state index contributed by atoms with van der Waals surface area (Å²) in [7, 11) is 0. The lowest BCUT2D eigenvalue weighted by Crippen LogP contribution is -2.33. The van der Waals surface area contributed by atoms with Crippen LogP contribution in [0.3, 0.4) is 0 Å². The van der Waals surface area contributed by atoms with Crippen molar-refractivity contribution in [1.29, 1.82) is 10.5 Å². The van der Waals surface area contributed by atoms with Gasteiger partial charge in [0.05, 0.1) is 11.6 Å². The third-order valence-electron chi connectivity index (χ3n) is 4.28. The number of hydrogen-bond acceptors (Lipinski definition) is 4. The Kier molecular flexibility index (Phi) is 4.97. The monoisotopic (exact) mass is 331 g/mol. The molecule has 124 valence electrons. The fraction of sp³-hybridized carbons (Fsp3) is 0.250. The van der Waals surface area contributed by atoms with Crippen LogP contribution in [0, 0.1) is 22.7 Å². The van der Waals surface area contributed by atoms with Gasteiger partial charge >= 0.3 is 0 Å². The molecule has 25 heavy (non-hydrogen) atoms. The number of benzene rings is 1. The normalized spacial score (nSPS) is 14.7. The zero-order valence-electron chi connectivity index (χ0n) is 13.7. The van der Waals surface area contributed by atoms with Crippen molar-refractivity contribution in [1.82, 2.24) is 5.32 Å². The Labute approximate surface area is 146 Å². The highest BCUT2D eigenvalue weighted by Crippen LogP contribution is 2.26. The number of carbonyl (C=O) groups is 1. The van der Waals surface area contributed by atoms with Gasteiger partial charge in [-0.05, 0) is 37.1 Å². The minimum Gasteiger partial charge on any atom is -0.457 e. The lowest BCUT2D eigenvalue weighted by molar-refractivity contribution is -0.117. The quantitative estimate of drug-likeness (QED) is 0.682. The first-order valence-corrected chi connectivity index (χ1v) is 8.23. The number of amides is 1. The van der Waals surface area contributed by atoms with Crippen molar-refractivity contribution in [3.8, 4) is 23.5 Å². The minimum absolute atomic E-state index is 0.0152. The molecule has 0 spiro atoms. The maximum absolute atomic E-state index is 12.2. The summed E-state index contributed by atoms with van der Waals surface area (Å²) in [6.07, 6.45) is 5.57. The SMILES string of the molecule is N#C/C(=C/c1ccc(-c2ccccc2C#N)o1)C(=O)NC1CCCC1. The van der Waals surface area contributed by atoms with Crippen molar-refractivity contribution < 1.29 is 9.21 Å². The Bertz CT molecular complexity index is 890. The maximum Gasteiger partial charge on any atom is 0.262 e. The van der Waals surface area contributed by atoms with Crippen molar-refractivity contribution in [3.05, 3.63) is 53.3 Å². The van der Waals surface area contributed by atoms with Gasteiger partial charge in [-0.3, -0.25) is 4.79 Å². The molecule has 1 aromatic heterocycles. The summed E-state index contributed by atoms with van der Waals surface area (Å²) in [5.74, 6) is 0.558. The first-order chi connectivity index (χ1) is 12.2. The van der Waals surface area contributed by atoms with E-state index in [0.717, 1.165) is 25.7 Å². The van der Waals surface area contributed by atoms with Gasteiger partial charge in [-0.25, -0.2) is 0 Å². The van der Waals surface area contributed by atoms with E-state index >= 15 is 0 Å². The second-order valence-electron chi connectivity index (χ2n) is 5.98. The summed E-state index contributed by atoms with van der Waals surface area (Å²) in [4.78, 5) is 12.2. The summed E-state index contributed by atoms with van der Waals surface area (Å²) in [5.41, 5.74) is 1.20. The molecule has 1 aliphatic carbocycles. The number of nitrogens with zero attached hydrogens (tertiary/aromatic N) is 2. The molecule has 0 bridgehead atoms. The molecule has 1 aliphatic rings. The average molecular weight is 331 g/mol. The highest BCUT2D eigenvalue weighted by atomic mass is 16.3. The third-order valence-corrected chi connectivity index (χ3v) is 4.28. The summed E-state index contributed by atoms with van der Waals surface area (Å²) in [6, 6.07) is 14.7. The van der Waals surface area contributed by atoms with E-state index in [4.69, 9.17) is 4.42 Å². The van der Waals surface area contributed by atoms with E-state index in [0.29, 0.717) is 22.6 Å². The Morgan fingerprint density at radius 3 is 2.64 bits per heavy atom. The van der Waals surface area contributed by atoms with Crippen LogP contribution in [0.2, 0.25) is 0 Å². The van der Waals surface area contributed by atoms with Crippen LogP contribution in [0.4, 0.5) is 0 Å². The second-order valence-corrected chi connectivity index (χ2v) is 5.98. The van der Waals surface area contributed by atoms with Crippen LogP contribution in [0.5, 0.6) is 0 Å². The molecular formula is C20H17N3O2. The van der Waals surface area contributed by atoms with Crippen molar-refractivity contribution in [2.24, 2.45) is 0 Å². The van der Waals surface area contributed by atoms with Crippen molar-refractivity contribution >= 4 is 12.0 Å². The fourth-order valence-corrected chi connectivity index (χ4v) is 2.99. The summed E-state index contributed by atoms with van der Waals surface area (Å²) >= 11 is 0. The van der Waals surface area contributed by atoms with Crippen LogP contribution in [-0.2, 0) is 4.79 Å². The molecular weight excluding hydrogens is 314 g/mol. The zero-order valence-corrected chi connectivity index (χ0v) is 13.7. The zero-order chi connectivity index (χ0) is 17.6. The van der Waals surface area contributed by atoms with Crippen LogP contribution in [0.15, 0.2) is 46.4 Å². The van der Waals surface area contributed by atoms with Gasteiger partial charge in [0.15, 0.2) is 0 Å². The van der Waals surface area contributed by atoms with Crippen LogP contribution in [-0.4, -0.2) is 11.9 Å². The molecule has 2 aromatic rings. The Hall–Kier alpha value is -3.31. The smallest absolute Gasteiger partial charge is 0.262 e. The maximum atomic E-state index is 12.2. The van der Waals surface area contributed by atoms with E-state index in [1.165, 1.54) is 6.08 Å². The Morgan fingerprint density at radius 2 is 1.92 bits per heavy atom. The molecule has 0 atom stereocenters. The molecule has 1 aromatic carbocycles. The Balaban J connectivity index is 1.81. The van der Waals surface area contributed by atoms with E-state index < -0.39 is 0 Å². The van der Waals surface area contributed by atoms with Crippen LogP contribution in [0.1, 0.15) is 37.0 Å². The number of rotatable bonds is 4. The molecule has 3 rings (SSSR count). The molecule has 5 heteroatoms. The average Bonchev–Trinajstić information content (AvgIpc) is 3.31. The van der Waals surface area contributed by atoms with Gasteiger partial charge in [-0.2, -0.15) is 10.5 Å². The molecule has 0 unspecified atom stereocenters. The molecule has 5 nitrogen and oxygen atoms in total. The predicted octanol–water partition coefficient (Wildman–Crippen LogP) is 3.78. The van der Waals surface area contributed by atoms with Gasteiger partial charge in [0.25, 0.3) is 5.91 Å². The highest BCUT2D eigenvalue weighted by Gasteiger charge is 2.19. The summed E-state index contributed by atoms with van der Waals surface area (Å²) in [6.45, 7) is 0. The van der Waals surface area contributed by atoms with Crippen LogP contribution in [0.25, 0.3) is 17.4 Å². The standard InChI is InChI=1S/C20H17N3O2/c21-12-14-5-1-4-8-18(14)19-10-9-17(25-19)11-15(13-22)20(24)23-16-6-2-3-7-16/h1,4-5,8-11,16H,2-3,6-7H2,(H,23,24)/b15-11-. The van der Waals surface area contributed by atoms with Crippen molar-refractivity contribution in [3.63, 3.8) is 0 Å². The van der Waals surface area contributed by atoms with E-state index in [1.807, 2.05) is 12.1 Å². The lowest BCUT2D eigenvalue weighted by atomic mass is 10.1. The van der Waals surface area contributed by atoms with Gasteiger partial charge in [-0.15, -0.1) is 0 Å². The van der Waals surface area contributed by atoms with E-state index in [9.17, 15) is 15.3 Å². The predicted molar refractivity (Wildman–Crippen MR) is 92.8 cm³/mol. The number of furan rings is 1. The van der Waals surface area contributed by atoms with Crippen LogP contribution >= 0.6 is 0 Å². The summed E-state index contributed by atoms with van der Waals surface area (Å²) < 4.78 is 5.71. The molecule has 1 amide bonds. The van der Waals surface area contributed by atoms with Gasteiger partial charge in [0, 0.05) is 17.7 Å². The largest absolute Gasteiger partial charge is 0.457 e. The Morgan fingerprint density at radius 1 is 1.16 bits per heavy atom. The minimum atomic E-state index is -0.371. The van der Waals surface area contributed by atoms with Gasteiger partial charge in [0.2, 0.25) is 0 Å². The topological polar surface area (TPSA) is 89.8 Å². The molecule has 1 N–H and O–H groups in total. The van der Waals surface area contributed by atoms with E-state index in [-0.39, 0.29) is 17.5 Å². The van der Waals surface area contributed by atoms with Crippen LogP contribution < -0.4 is 5.32 Å². The second kappa shape index (κ2) is 7.51. The first kappa shape index (κ1) is 16.5. The van der Waals surface area contributed by atoms with Gasteiger partial charge < -0.3 is 9.73 Å². The van der Waals surface area contributed by atoms with Crippen molar-refractivity contribution in [2.75, 3.05) is 0 Å². The third kappa shape index (κ3) is 3.79. The highest BCUT2D eigenvalue weighted by molar-refractivity contribution is 6.01. The number of nitrogens with one attached hydrogen (secondary N) is 1. The molecule has 0 radical (unpaired) electrons. The van der Waals surface area contributed by atoms with Gasteiger partial charge in [0.1, 0.15) is 23.2 Å². The van der Waals surface area contributed by atoms with E-state index in [2.05, 4.69) is 11.4 Å². The van der Waals surface area contributed by atoms with Crippen molar-refractivity contribution in [2.45, 2.75) is 31.7 Å².